The Morgan fingerprint density at radius 2 is 2.27 bits per heavy atom. The molecule has 0 saturated heterocycles. The summed E-state index contributed by atoms with van der Waals surface area (Å²) < 4.78 is 5.24. The fourth-order valence-electron chi connectivity index (χ4n) is 1.52. The Morgan fingerprint density at radius 3 is 2.87 bits per heavy atom. The predicted molar refractivity (Wildman–Crippen MR) is 60.1 cm³/mol. The molecule has 0 fully saturated rings. The number of nitrogens with one attached hydrogen (secondary N) is 1. The van der Waals surface area contributed by atoms with Crippen LogP contribution in [0.1, 0.15) is 18.1 Å². The van der Waals surface area contributed by atoms with Crippen LogP contribution in [-0.2, 0) is 11.2 Å². The number of hydrogen-bond donors (Lipinski definition) is 1. The summed E-state index contributed by atoms with van der Waals surface area (Å²) in [5, 5.41) is 2.72. The van der Waals surface area contributed by atoms with Gasteiger partial charge in [-0.3, -0.25) is 4.79 Å². The summed E-state index contributed by atoms with van der Waals surface area (Å²) in [5.41, 5.74) is 2.29. The Balaban J connectivity index is 2.73. The van der Waals surface area contributed by atoms with E-state index in [1.807, 2.05) is 26.0 Å². The smallest absolute Gasteiger partial charge is 0.207 e. The average molecular weight is 207 g/mol. The molecule has 1 aromatic carbocycles. The summed E-state index contributed by atoms with van der Waals surface area (Å²) in [7, 11) is 1.67. The first kappa shape index (κ1) is 11.6. The molecular weight excluding hydrogens is 190 g/mol. The van der Waals surface area contributed by atoms with E-state index < -0.39 is 0 Å². The molecule has 1 rings (SSSR count). The van der Waals surface area contributed by atoms with Gasteiger partial charge >= 0.3 is 0 Å². The number of amides is 1. The van der Waals surface area contributed by atoms with E-state index in [0.29, 0.717) is 0 Å². The standard InChI is InChI=1S/C12H17NO2/c1-9-4-5-11(7-12(9)15-3)6-10(2)13-8-14/h4-5,7-8,10H,6H2,1-3H3,(H,13,14). The normalized spacial score (nSPS) is 11.9. The van der Waals surface area contributed by atoms with Crippen molar-refractivity contribution in [3.05, 3.63) is 29.3 Å². The highest BCUT2D eigenvalue weighted by atomic mass is 16.5. The summed E-state index contributed by atoms with van der Waals surface area (Å²) in [4.78, 5) is 10.2. The molecule has 1 atom stereocenters. The van der Waals surface area contributed by atoms with E-state index in [1.54, 1.807) is 7.11 Å². The van der Waals surface area contributed by atoms with Gasteiger partial charge in [0.05, 0.1) is 7.11 Å². The maximum atomic E-state index is 10.2. The molecule has 3 nitrogen and oxygen atoms in total. The van der Waals surface area contributed by atoms with Crippen LogP contribution in [0.5, 0.6) is 5.75 Å². The second-order valence-corrected chi connectivity index (χ2v) is 3.69. The van der Waals surface area contributed by atoms with Crippen LogP contribution in [0.4, 0.5) is 0 Å². The summed E-state index contributed by atoms with van der Waals surface area (Å²) in [6.45, 7) is 3.98. The molecule has 0 aliphatic rings. The molecule has 0 aromatic heterocycles. The average Bonchev–Trinajstić information content (AvgIpc) is 2.21. The largest absolute Gasteiger partial charge is 0.496 e. The van der Waals surface area contributed by atoms with Crippen LogP contribution in [0.3, 0.4) is 0 Å². The molecule has 0 spiro atoms. The Bertz CT molecular complexity index is 336. The molecule has 1 amide bonds. The van der Waals surface area contributed by atoms with Gasteiger partial charge in [0.25, 0.3) is 0 Å². The van der Waals surface area contributed by atoms with Crippen molar-refractivity contribution in [2.45, 2.75) is 26.3 Å². The van der Waals surface area contributed by atoms with E-state index in [9.17, 15) is 4.79 Å². The van der Waals surface area contributed by atoms with Gasteiger partial charge in [0.1, 0.15) is 5.75 Å². The monoisotopic (exact) mass is 207 g/mol. The van der Waals surface area contributed by atoms with Crippen molar-refractivity contribution in [2.75, 3.05) is 7.11 Å². The van der Waals surface area contributed by atoms with Crippen molar-refractivity contribution in [2.24, 2.45) is 0 Å². The molecule has 1 aromatic rings. The van der Waals surface area contributed by atoms with Gasteiger partial charge in [0.15, 0.2) is 0 Å². The minimum Gasteiger partial charge on any atom is -0.496 e. The van der Waals surface area contributed by atoms with Crippen molar-refractivity contribution >= 4 is 6.41 Å². The zero-order chi connectivity index (χ0) is 11.3. The molecule has 0 aliphatic carbocycles. The molecule has 0 radical (unpaired) electrons. The Kier molecular flexibility index (Phi) is 4.16. The fourth-order valence-corrected chi connectivity index (χ4v) is 1.52. The Labute approximate surface area is 90.4 Å². The lowest BCUT2D eigenvalue weighted by atomic mass is 10.0. The van der Waals surface area contributed by atoms with E-state index >= 15 is 0 Å². The molecule has 3 heteroatoms. The molecule has 1 unspecified atom stereocenters. The van der Waals surface area contributed by atoms with Crippen molar-refractivity contribution in [3.63, 3.8) is 0 Å². The van der Waals surface area contributed by atoms with E-state index in [1.165, 1.54) is 5.56 Å². The molecule has 0 heterocycles. The number of ether oxygens (including phenoxy) is 1. The fraction of sp³-hybridized carbons (Fsp3) is 0.417. The minimum atomic E-state index is 0.148. The maximum Gasteiger partial charge on any atom is 0.207 e. The van der Waals surface area contributed by atoms with Gasteiger partial charge in [0, 0.05) is 6.04 Å². The molecule has 0 bridgehead atoms. The lowest BCUT2D eigenvalue weighted by Crippen LogP contribution is -2.26. The number of hydrogen-bond acceptors (Lipinski definition) is 2. The quantitative estimate of drug-likeness (QED) is 0.746. The molecule has 0 aliphatic heterocycles. The maximum absolute atomic E-state index is 10.2. The third-order valence-corrected chi connectivity index (χ3v) is 2.37. The van der Waals surface area contributed by atoms with Crippen molar-refractivity contribution < 1.29 is 9.53 Å². The number of carbonyl (C=O) groups excluding carboxylic acids is 1. The third-order valence-electron chi connectivity index (χ3n) is 2.37. The highest BCUT2D eigenvalue weighted by Crippen LogP contribution is 2.19. The lowest BCUT2D eigenvalue weighted by Gasteiger charge is -2.12. The lowest BCUT2D eigenvalue weighted by molar-refractivity contribution is -0.110. The topological polar surface area (TPSA) is 38.3 Å². The summed E-state index contributed by atoms with van der Waals surface area (Å²) in [6, 6.07) is 6.25. The van der Waals surface area contributed by atoms with Crippen LogP contribution in [0.25, 0.3) is 0 Å². The van der Waals surface area contributed by atoms with Crippen molar-refractivity contribution in [3.8, 4) is 5.75 Å². The highest BCUT2D eigenvalue weighted by Gasteiger charge is 2.04. The predicted octanol–water partition coefficient (Wildman–Crippen LogP) is 1.68. The third kappa shape index (κ3) is 3.27. The molecular formula is C12H17NO2. The van der Waals surface area contributed by atoms with Gasteiger partial charge in [-0.2, -0.15) is 0 Å². The van der Waals surface area contributed by atoms with Gasteiger partial charge in [-0.05, 0) is 37.5 Å². The summed E-state index contributed by atoms with van der Waals surface area (Å²) >= 11 is 0. The number of benzene rings is 1. The van der Waals surface area contributed by atoms with Crippen LogP contribution in [-0.4, -0.2) is 19.6 Å². The van der Waals surface area contributed by atoms with E-state index in [-0.39, 0.29) is 6.04 Å². The van der Waals surface area contributed by atoms with E-state index in [0.717, 1.165) is 24.1 Å². The second kappa shape index (κ2) is 5.39. The van der Waals surface area contributed by atoms with Gasteiger partial charge in [-0.1, -0.05) is 12.1 Å². The SMILES string of the molecule is COc1cc(CC(C)NC=O)ccc1C. The Hall–Kier alpha value is -1.51. The van der Waals surface area contributed by atoms with Gasteiger partial charge in [-0.25, -0.2) is 0 Å². The first-order valence-electron chi connectivity index (χ1n) is 5.00. The molecule has 15 heavy (non-hydrogen) atoms. The molecule has 82 valence electrons. The number of aryl methyl sites for hydroxylation is 1. The summed E-state index contributed by atoms with van der Waals surface area (Å²) in [6.07, 6.45) is 1.55. The summed E-state index contributed by atoms with van der Waals surface area (Å²) in [5.74, 6) is 0.894. The Morgan fingerprint density at radius 1 is 1.53 bits per heavy atom. The van der Waals surface area contributed by atoms with Crippen LogP contribution >= 0.6 is 0 Å². The molecule has 0 saturated carbocycles. The van der Waals surface area contributed by atoms with E-state index in [4.69, 9.17) is 4.74 Å². The highest BCUT2D eigenvalue weighted by molar-refractivity contribution is 5.46. The molecule has 1 N–H and O–H groups in total. The van der Waals surface area contributed by atoms with E-state index in [2.05, 4.69) is 11.4 Å². The van der Waals surface area contributed by atoms with Crippen molar-refractivity contribution in [1.29, 1.82) is 0 Å². The van der Waals surface area contributed by atoms with Crippen LogP contribution in [0, 0.1) is 6.92 Å². The number of methoxy groups -OCH3 is 1. The minimum absolute atomic E-state index is 0.148. The number of carbonyl (C=O) groups is 1. The first-order chi connectivity index (χ1) is 7.17. The van der Waals surface area contributed by atoms with Crippen LogP contribution in [0.2, 0.25) is 0 Å². The van der Waals surface area contributed by atoms with Crippen LogP contribution < -0.4 is 10.1 Å². The number of rotatable bonds is 5. The van der Waals surface area contributed by atoms with Crippen LogP contribution in [0.15, 0.2) is 18.2 Å². The zero-order valence-corrected chi connectivity index (χ0v) is 9.41. The first-order valence-corrected chi connectivity index (χ1v) is 5.00. The van der Waals surface area contributed by atoms with Gasteiger partial charge < -0.3 is 10.1 Å². The zero-order valence-electron chi connectivity index (χ0n) is 9.41. The van der Waals surface area contributed by atoms with Gasteiger partial charge in [-0.15, -0.1) is 0 Å². The van der Waals surface area contributed by atoms with Gasteiger partial charge in [0.2, 0.25) is 6.41 Å². The second-order valence-electron chi connectivity index (χ2n) is 3.69. The van der Waals surface area contributed by atoms with Crippen molar-refractivity contribution in [1.82, 2.24) is 5.32 Å².